The highest BCUT2D eigenvalue weighted by Crippen LogP contribution is 2.33. The highest BCUT2D eigenvalue weighted by atomic mass is 16.2. The number of H-pyrrole nitrogens is 2. The Morgan fingerprint density at radius 1 is 0.371 bits per heavy atom. The number of aromatic nitrogens is 8. The molecule has 0 bridgehead atoms. The Morgan fingerprint density at radius 3 is 1.15 bits per heavy atom. The fourth-order valence-electron chi connectivity index (χ4n) is 7.65. The summed E-state index contributed by atoms with van der Waals surface area (Å²) in [6, 6.07) is 52.1. The number of imidazole rings is 4. The first-order chi connectivity index (χ1) is 30.3. The molecular weight excluding hydrogens is 769 g/mol. The molecule has 10 rings (SSSR count). The van der Waals surface area contributed by atoms with Crippen LogP contribution >= 0.6 is 0 Å². The van der Waals surface area contributed by atoms with Gasteiger partial charge in [-0.25, -0.2) is 19.9 Å². The summed E-state index contributed by atoms with van der Waals surface area (Å²) >= 11 is 0. The van der Waals surface area contributed by atoms with Crippen LogP contribution in [0.2, 0.25) is 0 Å². The molecule has 4 heterocycles. The van der Waals surface area contributed by atoms with Gasteiger partial charge in [0.25, 0.3) is 0 Å². The average Bonchev–Trinajstić information content (AvgIpc) is 4.17. The zero-order valence-electron chi connectivity index (χ0n) is 33.8. The van der Waals surface area contributed by atoms with Crippen molar-refractivity contribution in [1.29, 1.82) is 0 Å². The van der Waals surface area contributed by atoms with Crippen LogP contribution in [0.3, 0.4) is 0 Å². The first kappa shape index (κ1) is 37.7. The monoisotopic (exact) mass is 806 g/mol. The number of aromatic amines is 2. The lowest BCUT2D eigenvalue weighted by molar-refractivity contribution is 0.0929. The first-order valence-corrected chi connectivity index (χ1v) is 20.2. The van der Waals surface area contributed by atoms with Gasteiger partial charge in [0.2, 0.25) is 11.8 Å². The van der Waals surface area contributed by atoms with E-state index in [9.17, 15) is 9.59 Å². The Morgan fingerprint density at radius 2 is 0.710 bits per heavy atom. The zero-order chi connectivity index (χ0) is 42.2. The van der Waals surface area contributed by atoms with Crippen molar-refractivity contribution in [3.05, 3.63) is 183 Å². The molecule has 10 aromatic rings. The summed E-state index contributed by atoms with van der Waals surface area (Å²) in [5.74, 6) is 2.46. The molecule has 10 heteroatoms. The van der Waals surface area contributed by atoms with Gasteiger partial charge in [-0.15, -0.1) is 0 Å². The molecule has 0 saturated carbocycles. The molecule has 4 aromatic heterocycles. The number of carbonyl (C=O) groups is 2. The summed E-state index contributed by atoms with van der Waals surface area (Å²) in [4.78, 5) is 51.7. The van der Waals surface area contributed by atoms with E-state index >= 15 is 0 Å². The lowest BCUT2D eigenvalue weighted by Crippen LogP contribution is -2.05. The van der Waals surface area contributed by atoms with Crippen molar-refractivity contribution in [3.8, 4) is 102 Å². The Balaban J connectivity index is 0.862. The van der Waals surface area contributed by atoms with Crippen LogP contribution in [0.15, 0.2) is 183 Å². The van der Waals surface area contributed by atoms with E-state index in [1.54, 1.807) is 21.5 Å². The van der Waals surface area contributed by atoms with Crippen LogP contribution < -0.4 is 0 Å². The number of rotatable bonds is 9. The molecule has 0 saturated heterocycles. The van der Waals surface area contributed by atoms with E-state index in [0.717, 1.165) is 78.7 Å². The molecule has 0 radical (unpaired) electrons. The second-order valence-corrected chi connectivity index (χ2v) is 15.0. The van der Waals surface area contributed by atoms with E-state index in [0.29, 0.717) is 23.0 Å². The molecule has 0 fully saturated rings. The number of carbonyl (C=O) groups excluding carboxylic acids is 2. The van der Waals surface area contributed by atoms with Crippen molar-refractivity contribution in [2.75, 3.05) is 0 Å². The fraction of sp³-hybridized carbons (Fsp3) is 0.0385. The standard InChI is InChI=1S/C52H38N8O2/c1-33(61)59-31-47(57-51(59)39-13-7-4-8-14-39)43-17-10-18-44(28-43)48-32-60(34(2)62)52(58-48)40-25-21-36(22-26-40)35-19-23-38(24-20-35)50-54-30-46(56-50)42-16-9-15-41(27-42)45-29-53-49(55-45)37-11-5-3-6-12-37/h3-32H,1-2H3,(H,53,55)(H,54,56). The summed E-state index contributed by atoms with van der Waals surface area (Å²) < 4.78 is 3.15. The Labute approximate surface area is 357 Å². The van der Waals surface area contributed by atoms with Gasteiger partial charge in [0.15, 0.2) is 0 Å². The first-order valence-electron chi connectivity index (χ1n) is 20.2. The van der Waals surface area contributed by atoms with Gasteiger partial charge in [-0.1, -0.05) is 146 Å². The highest BCUT2D eigenvalue weighted by molar-refractivity contribution is 5.86. The molecule has 10 nitrogen and oxygen atoms in total. The molecule has 6 aromatic carbocycles. The van der Waals surface area contributed by atoms with E-state index in [1.807, 2.05) is 128 Å². The largest absolute Gasteiger partial charge is 0.344 e. The number of nitrogens with zero attached hydrogens (tertiary/aromatic N) is 6. The maximum Gasteiger partial charge on any atom is 0.229 e. The predicted octanol–water partition coefficient (Wildman–Crippen LogP) is 11.8. The molecule has 298 valence electrons. The zero-order valence-corrected chi connectivity index (χ0v) is 33.8. The second-order valence-electron chi connectivity index (χ2n) is 15.0. The molecular formula is C52H38N8O2. The third-order valence-electron chi connectivity index (χ3n) is 10.9. The van der Waals surface area contributed by atoms with Gasteiger partial charge in [0.1, 0.15) is 23.3 Å². The lowest BCUT2D eigenvalue weighted by atomic mass is 10.0. The molecule has 0 spiro atoms. The van der Waals surface area contributed by atoms with Gasteiger partial charge in [-0.3, -0.25) is 18.7 Å². The summed E-state index contributed by atoms with van der Waals surface area (Å²) in [6.45, 7) is 3.05. The SMILES string of the molecule is CC(=O)n1cc(-c2cccc(-c3cn(C(C)=O)c(-c4ccc(-c5ccc(-c6nc(-c7cccc(-c8c[nH]c(-c9ccccc9)n8)c7)c[nH]6)cc5)cc4)n3)c2)nc1-c1ccccc1. The molecule has 0 aliphatic rings. The molecule has 0 aliphatic heterocycles. The Kier molecular flexibility index (Phi) is 9.70. The summed E-state index contributed by atoms with van der Waals surface area (Å²) in [6.07, 6.45) is 7.39. The number of hydrogen-bond donors (Lipinski definition) is 2. The van der Waals surface area contributed by atoms with Crippen LogP contribution in [0.5, 0.6) is 0 Å². The van der Waals surface area contributed by atoms with Crippen LogP contribution in [0, 0.1) is 0 Å². The lowest BCUT2D eigenvalue weighted by Gasteiger charge is -2.07. The van der Waals surface area contributed by atoms with Crippen LogP contribution in [-0.4, -0.2) is 50.9 Å². The van der Waals surface area contributed by atoms with E-state index in [4.69, 9.17) is 19.9 Å². The third kappa shape index (κ3) is 7.37. The maximum atomic E-state index is 12.9. The molecule has 2 N–H and O–H groups in total. The predicted molar refractivity (Wildman–Crippen MR) is 244 cm³/mol. The Hall–Kier alpha value is -8.50. The molecule has 0 unspecified atom stereocenters. The van der Waals surface area contributed by atoms with E-state index in [2.05, 4.69) is 52.4 Å². The van der Waals surface area contributed by atoms with Gasteiger partial charge in [-0.05, 0) is 23.3 Å². The van der Waals surface area contributed by atoms with Gasteiger partial charge in [0, 0.05) is 83.1 Å². The van der Waals surface area contributed by atoms with Crippen LogP contribution in [-0.2, 0) is 0 Å². The van der Waals surface area contributed by atoms with Gasteiger partial charge in [0.05, 0.1) is 22.8 Å². The number of benzene rings is 6. The van der Waals surface area contributed by atoms with Crippen molar-refractivity contribution in [2.24, 2.45) is 0 Å². The summed E-state index contributed by atoms with van der Waals surface area (Å²) in [7, 11) is 0. The van der Waals surface area contributed by atoms with Gasteiger partial charge >= 0.3 is 0 Å². The smallest absolute Gasteiger partial charge is 0.229 e. The van der Waals surface area contributed by atoms with Crippen molar-refractivity contribution in [2.45, 2.75) is 13.8 Å². The normalized spacial score (nSPS) is 11.2. The average molecular weight is 807 g/mol. The minimum Gasteiger partial charge on any atom is -0.344 e. The summed E-state index contributed by atoms with van der Waals surface area (Å²) in [5, 5.41) is 0. The molecule has 0 amide bonds. The van der Waals surface area contributed by atoms with Gasteiger partial charge in [-0.2, -0.15) is 0 Å². The molecule has 0 aliphatic carbocycles. The fourth-order valence-corrected chi connectivity index (χ4v) is 7.65. The minimum absolute atomic E-state index is 0.127. The van der Waals surface area contributed by atoms with Crippen molar-refractivity contribution in [3.63, 3.8) is 0 Å². The van der Waals surface area contributed by atoms with E-state index in [1.165, 1.54) is 13.8 Å². The second kappa shape index (κ2) is 15.9. The topological polar surface area (TPSA) is 127 Å². The number of nitrogens with one attached hydrogen (secondary N) is 2. The quantitative estimate of drug-likeness (QED) is 0.149. The minimum atomic E-state index is -0.147. The molecule has 0 atom stereocenters. The maximum absolute atomic E-state index is 12.9. The molecule has 62 heavy (non-hydrogen) atoms. The van der Waals surface area contributed by atoms with Crippen molar-refractivity contribution < 1.29 is 9.59 Å². The highest BCUT2D eigenvalue weighted by Gasteiger charge is 2.18. The number of hydrogen-bond acceptors (Lipinski definition) is 6. The van der Waals surface area contributed by atoms with Crippen LogP contribution in [0.1, 0.15) is 23.4 Å². The van der Waals surface area contributed by atoms with Crippen LogP contribution in [0.25, 0.3) is 102 Å². The van der Waals surface area contributed by atoms with E-state index in [-0.39, 0.29) is 11.8 Å². The summed E-state index contributed by atoms with van der Waals surface area (Å²) in [5.41, 5.74) is 12.4. The van der Waals surface area contributed by atoms with Crippen LogP contribution in [0.4, 0.5) is 0 Å². The Bertz CT molecular complexity index is 3230. The third-order valence-corrected chi connectivity index (χ3v) is 10.9. The van der Waals surface area contributed by atoms with E-state index < -0.39 is 0 Å². The van der Waals surface area contributed by atoms with Gasteiger partial charge < -0.3 is 9.97 Å². The van der Waals surface area contributed by atoms with Crippen molar-refractivity contribution >= 4 is 11.8 Å². The van der Waals surface area contributed by atoms with Crippen molar-refractivity contribution in [1.82, 2.24) is 39.0 Å².